The van der Waals surface area contributed by atoms with Crippen molar-refractivity contribution in [3.05, 3.63) is 0 Å². The Morgan fingerprint density at radius 3 is 1.60 bits per heavy atom. The number of rotatable bonds is 10. The molecule has 0 aliphatic rings. The molecule has 0 aromatic heterocycles. The quantitative estimate of drug-likeness (QED) is 0.431. The third-order valence-corrected chi connectivity index (χ3v) is 2.82. The molecule has 0 spiro atoms. The van der Waals surface area contributed by atoms with Gasteiger partial charge in [0.15, 0.2) is 0 Å². The highest BCUT2D eigenvalue weighted by atomic mass is 31.2. The lowest BCUT2D eigenvalue weighted by molar-refractivity contribution is 0.0826. The molecule has 0 saturated heterocycles. The Hall–Kier alpha value is 0.0700. The van der Waals surface area contributed by atoms with Crippen LogP contribution in [0.4, 0.5) is 0 Å². The first kappa shape index (κ1) is 15.1. The SMILES string of the molecule is CCOCCOP(C)(=O)OCCOCC. The minimum atomic E-state index is -2.93. The van der Waals surface area contributed by atoms with Crippen molar-refractivity contribution in [3.8, 4) is 0 Å². The maximum Gasteiger partial charge on any atom is 0.327 e. The van der Waals surface area contributed by atoms with Gasteiger partial charge in [0.05, 0.1) is 26.4 Å². The summed E-state index contributed by atoms with van der Waals surface area (Å²) in [5, 5.41) is 0. The fraction of sp³-hybridized carbons (Fsp3) is 1.00. The Labute approximate surface area is 91.6 Å². The van der Waals surface area contributed by atoms with E-state index in [2.05, 4.69) is 0 Å². The largest absolute Gasteiger partial charge is 0.379 e. The van der Waals surface area contributed by atoms with Crippen LogP contribution in [0.3, 0.4) is 0 Å². The summed E-state index contributed by atoms with van der Waals surface area (Å²) in [7, 11) is -2.93. The number of ether oxygens (including phenoxy) is 2. The molecule has 0 rings (SSSR count). The minimum absolute atomic E-state index is 0.288. The second-order valence-corrected chi connectivity index (χ2v) is 4.89. The van der Waals surface area contributed by atoms with E-state index < -0.39 is 7.60 Å². The molecular formula is C9H21O5P. The summed E-state index contributed by atoms with van der Waals surface area (Å²) in [4.78, 5) is 0. The van der Waals surface area contributed by atoms with Gasteiger partial charge in [-0.2, -0.15) is 0 Å². The van der Waals surface area contributed by atoms with E-state index in [1.165, 1.54) is 6.66 Å². The van der Waals surface area contributed by atoms with Gasteiger partial charge in [-0.3, -0.25) is 4.57 Å². The molecule has 0 atom stereocenters. The first-order valence-corrected chi connectivity index (χ1v) is 7.13. The molecular weight excluding hydrogens is 219 g/mol. The monoisotopic (exact) mass is 240 g/mol. The smallest absolute Gasteiger partial charge is 0.327 e. The average molecular weight is 240 g/mol. The Bertz CT molecular complexity index is 169. The van der Waals surface area contributed by atoms with Crippen LogP contribution in [0.2, 0.25) is 0 Å². The zero-order valence-electron chi connectivity index (χ0n) is 9.73. The van der Waals surface area contributed by atoms with Crippen LogP contribution in [0.1, 0.15) is 13.8 Å². The van der Waals surface area contributed by atoms with Crippen molar-refractivity contribution in [1.82, 2.24) is 0 Å². The van der Waals surface area contributed by atoms with Crippen molar-refractivity contribution in [3.63, 3.8) is 0 Å². The average Bonchev–Trinajstić information content (AvgIpc) is 2.20. The summed E-state index contributed by atoms with van der Waals surface area (Å²) in [5.74, 6) is 0. The van der Waals surface area contributed by atoms with E-state index in [4.69, 9.17) is 18.5 Å². The van der Waals surface area contributed by atoms with Crippen LogP contribution in [0.15, 0.2) is 0 Å². The molecule has 0 aromatic rings. The number of hydrogen-bond acceptors (Lipinski definition) is 5. The second kappa shape index (κ2) is 9.31. The summed E-state index contributed by atoms with van der Waals surface area (Å²) in [6, 6.07) is 0. The molecule has 0 fully saturated rings. The van der Waals surface area contributed by atoms with Gasteiger partial charge in [0.1, 0.15) is 0 Å². The highest BCUT2D eigenvalue weighted by Gasteiger charge is 2.15. The van der Waals surface area contributed by atoms with E-state index in [-0.39, 0.29) is 13.2 Å². The third kappa shape index (κ3) is 10.4. The number of hydrogen-bond donors (Lipinski definition) is 0. The van der Waals surface area contributed by atoms with E-state index in [0.717, 1.165) is 0 Å². The molecule has 15 heavy (non-hydrogen) atoms. The molecule has 92 valence electrons. The van der Waals surface area contributed by atoms with Gasteiger partial charge in [0.2, 0.25) is 0 Å². The van der Waals surface area contributed by atoms with Gasteiger partial charge < -0.3 is 18.5 Å². The topological polar surface area (TPSA) is 54.0 Å². The van der Waals surface area contributed by atoms with Gasteiger partial charge in [-0.15, -0.1) is 0 Å². The molecule has 0 saturated carbocycles. The van der Waals surface area contributed by atoms with E-state index >= 15 is 0 Å². The predicted molar refractivity (Wildman–Crippen MR) is 58.4 cm³/mol. The summed E-state index contributed by atoms with van der Waals surface area (Å²) in [5.41, 5.74) is 0. The molecule has 0 aromatic carbocycles. The van der Waals surface area contributed by atoms with Crippen molar-refractivity contribution >= 4 is 7.60 Å². The lowest BCUT2D eigenvalue weighted by Gasteiger charge is -2.13. The third-order valence-electron chi connectivity index (χ3n) is 1.52. The maximum atomic E-state index is 11.6. The molecule has 0 bridgehead atoms. The second-order valence-electron chi connectivity index (χ2n) is 2.83. The van der Waals surface area contributed by atoms with Crippen molar-refractivity contribution in [2.24, 2.45) is 0 Å². The standard InChI is InChI=1S/C9H21O5P/c1-4-11-6-8-13-15(3,10)14-9-7-12-5-2/h4-9H2,1-3H3. The Morgan fingerprint density at radius 2 is 1.27 bits per heavy atom. The normalized spacial score (nSPS) is 11.9. The molecule has 0 aliphatic carbocycles. The Balaban J connectivity index is 3.45. The summed E-state index contributed by atoms with van der Waals surface area (Å²) in [6.07, 6.45) is 0. The first-order valence-electron chi connectivity index (χ1n) is 5.14. The van der Waals surface area contributed by atoms with Gasteiger partial charge >= 0.3 is 7.60 Å². The predicted octanol–water partition coefficient (Wildman–Crippen LogP) is 1.92. The fourth-order valence-electron chi connectivity index (χ4n) is 0.850. The van der Waals surface area contributed by atoms with Crippen molar-refractivity contribution in [2.75, 3.05) is 46.3 Å². The van der Waals surface area contributed by atoms with Crippen LogP contribution >= 0.6 is 7.60 Å². The van der Waals surface area contributed by atoms with E-state index in [9.17, 15) is 4.57 Å². The van der Waals surface area contributed by atoms with Crippen molar-refractivity contribution in [2.45, 2.75) is 13.8 Å². The minimum Gasteiger partial charge on any atom is -0.379 e. The summed E-state index contributed by atoms with van der Waals surface area (Å²) in [6.45, 7) is 7.93. The van der Waals surface area contributed by atoms with Crippen LogP contribution in [0.25, 0.3) is 0 Å². The van der Waals surface area contributed by atoms with E-state index in [0.29, 0.717) is 26.4 Å². The molecule has 0 N–H and O–H groups in total. The lowest BCUT2D eigenvalue weighted by atomic mass is 10.8. The highest BCUT2D eigenvalue weighted by Crippen LogP contribution is 2.43. The van der Waals surface area contributed by atoms with Crippen LogP contribution < -0.4 is 0 Å². The Kier molecular flexibility index (Phi) is 9.35. The fourth-order valence-corrected chi connectivity index (χ4v) is 1.74. The molecule has 6 heteroatoms. The zero-order valence-corrected chi connectivity index (χ0v) is 10.6. The van der Waals surface area contributed by atoms with E-state index in [1.54, 1.807) is 0 Å². The van der Waals surface area contributed by atoms with Crippen LogP contribution in [-0.2, 0) is 23.1 Å². The molecule has 0 aliphatic heterocycles. The van der Waals surface area contributed by atoms with Gasteiger partial charge in [-0.05, 0) is 13.8 Å². The lowest BCUT2D eigenvalue weighted by Crippen LogP contribution is -2.07. The van der Waals surface area contributed by atoms with Gasteiger partial charge in [0.25, 0.3) is 0 Å². The molecule has 0 heterocycles. The van der Waals surface area contributed by atoms with Crippen molar-refractivity contribution in [1.29, 1.82) is 0 Å². The van der Waals surface area contributed by atoms with Gasteiger partial charge in [-0.1, -0.05) is 0 Å². The van der Waals surface area contributed by atoms with Crippen molar-refractivity contribution < 1.29 is 23.1 Å². The molecule has 5 nitrogen and oxygen atoms in total. The van der Waals surface area contributed by atoms with Crippen LogP contribution in [0, 0.1) is 0 Å². The maximum absolute atomic E-state index is 11.6. The van der Waals surface area contributed by atoms with Crippen LogP contribution in [0.5, 0.6) is 0 Å². The summed E-state index contributed by atoms with van der Waals surface area (Å²) < 4.78 is 31.8. The van der Waals surface area contributed by atoms with E-state index in [1.807, 2.05) is 13.8 Å². The zero-order chi connectivity index (χ0) is 11.6. The highest BCUT2D eigenvalue weighted by molar-refractivity contribution is 7.52. The molecule has 0 unspecified atom stereocenters. The summed E-state index contributed by atoms with van der Waals surface area (Å²) >= 11 is 0. The van der Waals surface area contributed by atoms with Crippen LogP contribution in [-0.4, -0.2) is 46.3 Å². The Morgan fingerprint density at radius 1 is 0.867 bits per heavy atom. The molecule has 0 radical (unpaired) electrons. The van der Waals surface area contributed by atoms with Gasteiger partial charge in [0, 0.05) is 19.9 Å². The first-order chi connectivity index (χ1) is 7.12. The molecule has 0 amide bonds. The van der Waals surface area contributed by atoms with Gasteiger partial charge in [-0.25, -0.2) is 0 Å².